The molecule has 0 aliphatic rings. The summed E-state index contributed by atoms with van der Waals surface area (Å²) in [7, 11) is 0. The molecule has 69 heavy (non-hydrogen) atoms. The lowest BCUT2D eigenvalue weighted by atomic mass is 9.92. The standard InChI is InChI=1S/C64H41N3S2/c1-37-17-4-9-22-44(37)46-24-11-10-23-45(46)38(2)62-39(3)63(49-27-16-30-59-61(49)48-26-13-15-29-58(48)68-59)66-64(65-62)53-35-52-47-25-12-14-28-57(47)69-60(52)36-56(53)67-54-33-42-20-7-5-18-40(42)31-50(54)51-32-41-19-6-8-21-43(41)34-55(51)67/h4-36H,3H2,1-2H3/b62-38-. The van der Waals surface area contributed by atoms with Gasteiger partial charge in [0.2, 0.25) is 0 Å². The monoisotopic (exact) mass is 915 g/mol. The second-order valence-corrected chi connectivity index (χ2v) is 20.4. The summed E-state index contributed by atoms with van der Waals surface area (Å²) < 4.78 is 7.42. The van der Waals surface area contributed by atoms with E-state index >= 15 is 0 Å². The fraction of sp³-hybridized carbons (Fsp3) is 0.0312. The molecule has 3 nitrogen and oxygen atoms in total. The van der Waals surface area contributed by atoms with E-state index in [4.69, 9.17) is 16.5 Å². The number of thiophene rings is 2. The van der Waals surface area contributed by atoms with Crippen LogP contribution in [0.3, 0.4) is 0 Å². The molecule has 4 aromatic heterocycles. The molecule has 0 saturated heterocycles. The van der Waals surface area contributed by atoms with Gasteiger partial charge in [0.25, 0.3) is 0 Å². The number of hydrogen-bond acceptors (Lipinski definition) is 4. The van der Waals surface area contributed by atoms with Crippen molar-refractivity contribution in [2.24, 2.45) is 0 Å². The predicted molar refractivity (Wildman–Crippen MR) is 298 cm³/mol. The Labute approximate surface area is 405 Å². The van der Waals surface area contributed by atoms with Crippen molar-refractivity contribution < 1.29 is 0 Å². The van der Waals surface area contributed by atoms with E-state index in [1.807, 2.05) is 22.7 Å². The maximum atomic E-state index is 5.79. The van der Waals surface area contributed by atoms with Crippen LogP contribution >= 0.6 is 22.7 Å². The van der Waals surface area contributed by atoms with E-state index in [0.29, 0.717) is 5.82 Å². The van der Waals surface area contributed by atoms with Crippen molar-refractivity contribution in [3.05, 3.63) is 222 Å². The van der Waals surface area contributed by atoms with E-state index in [2.05, 4.69) is 219 Å². The van der Waals surface area contributed by atoms with Crippen molar-refractivity contribution in [3.63, 3.8) is 0 Å². The lowest BCUT2D eigenvalue weighted by molar-refractivity contribution is 1.09. The van der Waals surface area contributed by atoms with Crippen LogP contribution in [0.4, 0.5) is 0 Å². The van der Waals surface area contributed by atoms with Crippen molar-refractivity contribution in [2.45, 2.75) is 13.8 Å². The van der Waals surface area contributed by atoms with E-state index in [9.17, 15) is 0 Å². The normalized spacial score (nSPS) is 12.5. The molecule has 4 heterocycles. The smallest absolute Gasteiger partial charge is 0.162 e. The summed E-state index contributed by atoms with van der Waals surface area (Å²) in [5.41, 5.74) is 11.9. The number of nitrogens with zero attached hydrogens (tertiary/aromatic N) is 3. The molecule has 0 atom stereocenters. The van der Waals surface area contributed by atoms with Crippen molar-refractivity contribution in [1.82, 2.24) is 14.5 Å². The maximum Gasteiger partial charge on any atom is 0.162 e. The summed E-state index contributed by atoms with van der Waals surface area (Å²) in [6.07, 6.45) is 0. The highest BCUT2D eigenvalue weighted by atomic mass is 32.1. The molecule has 0 spiro atoms. The Bertz CT molecular complexity index is 4510. The van der Waals surface area contributed by atoms with E-state index in [-0.39, 0.29) is 0 Å². The molecule has 0 unspecified atom stereocenters. The highest BCUT2D eigenvalue weighted by Gasteiger charge is 2.23. The van der Waals surface area contributed by atoms with Crippen LogP contribution in [0.5, 0.6) is 0 Å². The Morgan fingerprint density at radius 3 is 1.71 bits per heavy atom. The first-order valence-corrected chi connectivity index (χ1v) is 25.0. The van der Waals surface area contributed by atoms with Crippen LogP contribution in [-0.4, -0.2) is 14.5 Å². The number of hydrogen-bond donors (Lipinski definition) is 0. The number of aryl methyl sites for hydroxylation is 1. The SMILES string of the molecule is C=c1c(-c2cccc3sc4ccccc4c23)nc(-c2cc3c(cc2-n2c4cc5ccccc5cc4c4cc5ccccc5cc42)sc2ccccc23)n/c1=C(/C)c1ccccc1-c1ccccc1C. The lowest BCUT2D eigenvalue weighted by Crippen LogP contribution is -2.33. The minimum atomic E-state index is 0.653. The topological polar surface area (TPSA) is 30.7 Å². The molecule has 0 N–H and O–H groups in total. The summed E-state index contributed by atoms with van der Waals surface area (Å²) in [5.74, 6) is 0.653. The molecule has 0 radical (unpaired) electrons. The van der Waals surface area contributed by atoms with Crippen LogP contribution < -0.4 is 10.6 Å². The summed E-state index contributed by atoms with van der Waals surface area (Å²) in [5, 5.41) is 13.7. The van der Waals surface area contributed by atoms with Crippen molar-refractivity contribution in [2.75, 3.05) is 0 Å². The van der Waals surface area contributed by atoms with Gasteiger partial charge in [-0.3, -0.25) is 0 Å². The van der Waals surface area contributed by atoms with Gasteiger partial charge in [0.1, 0.15) is 0 Å². The molecule has 0 fully saturated rings. The third-order valence-electron chi connectivity index (χ3n) is 14.3. The van der Waals surface area contributed by atoms with Gasteiger partial charge in [0.05, 0.1) is 27.8 Å². The van der Waals surface area contributed by atoms with Gasteiger partial charge in [-0.1, -0.05) is 152 Å². The van der Waals surface area contributed by atoms with Gasteiger partial charge in [-0.25, -0.2) is 9.97 Å². The first-order chi connectivity index (χ1) is 33.9. The molecule has 10 aromatic carbocycles. The Morgan fingerprint density at radius 2 is 1.00 bits per heavy atom. The second-order valence-electron chi connectivity index (χ2n) is 18.2. The number of rotatable bonds is 5. The first-order valence-electron chi connectivity index (χ1n) is 23.4. The van der Waals surface area contributed by atoms with Crippen LogP contribution in [0.1, 0.15) is 18.1 Å². The van der Waals surface area contributed by atoms with Gasteiger partial charge in [-0.15, -0.1) is 22.7 Å². The molecule has 0 bridgehead atoms. The number of fused-ring (bicyclic) bond motifs is 11. The van der Waals surface area contributed by atoms with Crippen molar-refractivity contribution >= 4 is 119 Å². The van der Waals surface area contributed by atoms with E-state index in [0.717, 1.165) is 60.8 Å². The van der Waals surface area contributed by atoms with Crippen LogP contribution in [0, 0.1) is 6.92 Å². The van der Waals surface area contributed by atoms with Gasteiger partial charge in [0.15, 0.2) is 5.82 Å². The molecule has 0 aliphatic heterocycles. The molecule has 0 amide bonds. The second kappa shape index (κ2) is 15.4. The quantitative estimate of drug-likeness (QED) is 0.172. The zero-order valence-corrected chi connectivity index (χ0v) is 39.6. The molecule has 324 valence electrons. The number of benzene rings is 10. The van der Waals surface area contributed by atoms with Crippen LogP contribution in [0.15, 0.2) is 200 Å². The lowest BCUT2D eigenvalue weighted by Gasteiger charge is -2.17. The molecular formula is C64H41N3S2. The van der Waals surface area contributed by atoms with Crippen LogP contribution in [0.25, 0.3) is 135 Å². The van der Waals surface area contributed by atoms with E-state index in [1.165, 1.54) is 83.8 Å². The van der Waals surface area contributed by atoms with Gasteiger partial charge in [-0.05, 0) is 118 Å². The summed E-state index contributed by atoms with van der Waals surface area (Å²) in [6, 6.07) is 73.1. The van der Waals surface area contributed by atoms with Crippen molar-refractivity contribution in [1.29, 1.82) is 0 Å². The third-order valence-corrected chi connectivity index (χ3v) is 16.5. The first kappa shape index (κ1) is 39.9. The number of aromatic nitrogens is 3. The Morgan fingerprint density at radius 1 is 0.449 bits per heavy atom. The van der Waals surface area contributed by atoms with Gasteiger partial charge >= 0.3 is 0 Å². The van der Waals surface area contributed by atoms with Crippen LogP contribution in [0.2, 0.25) is 0 Å². The Kier molecular flexibility index (Phi) is 8.91. The summed E-state index contributed by atoms with van der Waals surface area (Å²) in [4.78, 5) is 11.6. The third kappa shape index (κ3) is 6.17. The zero-order valence-electron chi connectivity index (χ0n) is 37.9. The highest BCUT2D eigenvalue weighted by molar-refractivity contribution is 7.26. The average Bonchev–Trinajstić information content (AvgIpc) is 4.05. The van der Waals surface area contributed by atoms with E-state index in [1.54, 1.807) is 0 Å². The Hall–Kier alpha value is -8.22. The minimum Gasteiger partial charge on any atom is -0.308 e. The van der Waals surface area contributed by atoms with Gasteiger partial charge < -0.3 is 4.57 Å². The fourth-order valence-electron chi connectivity index (χ4n) is 10.9. The van der Waals surface area contributed by atoms with Gasteiger partial charge in [-0.2, -0.15) is 0 Å². The fourth-order valence-corrected chi connectivity index (χ4v) is 13.2. The van der Waals surface area contributed by atoms with Gasteiger partial charge in [0, 0.05) is 67.5 Å². The maximum absolute atomic E-state index is 5.79. The zero-order chi connectivity index (χ0) is 45.9. The largest absolute Gasteiger partial charge is 0.308 e. The minimum absolute atomic E-state index is 0.653. The molecule has 0 saturated carbocycles. The van der Waals surface area contributed by atoms with E-state index < -0.39 is 0 Å². The Balaban J connectivity index is 1.16. The molecule has 5 heteroatoms. The van der Waals surface area contributed by atoms with Crippen molar-refractivity contribution in [3.8, 4) is 39.5 Å². The average molecular weight is 916 g/mol. The predicted octanol–water partition coefficient (Wildman–Crippen LogP) is 16.6. The van der Waals surface area contributed by atoms with Crippen LogP contribution in [-0.2, 0) is 0 Å². The molecular weight excluding hydrogens is 875 g/mol. The summed E-state index contributed by atoms with van der Waals surface area (Å²) >= 11 is 3.66. The molecule has 14 aromatic rings. The molecule has 0 aliphatic carbocycles. The summed E-state index contributed by atoms with van der Waals surface area (Å²) in [6.45, 7) is 9.32. The highest BCUT2D eigenvalue weighted by Crippen LogP contribution is 2.44. The molecule has 14 rings (SSSR count).